The molecule has 2 aromatic carbocycles. The third-order valence-corrected chi connectivity index (χ3v) is 6.29. The van der Waals surface area contributed by atoms with Crippen LogP contribution in [0.15, 0.2) is 75.6 Å². The fourth-order valence-corrected chi connectivity index (χ4v) is 4.12. The molecule has 0 atom stereocenters. The molecule has 0 spiro atoms. The molecule has 0 aliphatic carbocycles. The number of aryl methyl sites for hydroxylation is 1. The van der Waals surface area contributed by atoms with Crippen molar-refractivity contribution in [1.29, 1.82) is 0 Å². The Morgan fingerprint density at radius 3 is 2.33 bits per heavy atom. The smallest absolute Gasteiger partial charge is 0.207 e. The second-order valence-corrected chi connectivity index (χ2v) is 8.63. The highest BCUT2D eigenvalue weighted by Gasteiger charge is 2.27. The molecule has 0 amide bonds. The molecule has 3 rings (SSSR count). The maximum Gasteiger partial charge on any atom is 0.243 e. The van der Waals surface area contributed by atoms with Gasteiger partial charge in [-0.3, -0.25) is 0 Å². The molecule has 1 heterocycles. The van der Waals surface area contributed by atoms with E-state index in [0.29, 0.717) is 18.0 Å². The van der Waals surface area contributed by atoms with Crippen LogP contribution in [0.25, 0.3) is 6.08 Å². The zero-order valence-corrected chi connectivity index (χ0v) is 15.7. The number of halogens is 1. The standard InChI is InChI=1S/C19H18BrNO2S/c1-15-2-10-19(11-3-15)24(22,23)21-13-12-17(14-21)5-4-16-6-8-18(20)9-7-16/h2-12H,13-14H2,1H3/b5-4+. The van der Waals surface area contributed by atoms with E-state index < -0.39 is 10.0 Å². The quantitative estimate of drug-likeness (QED) is 0.758. The third kappa shape index (κ3) is 3.86. The van der Waals surface area contributed by atoms with E-state index in [2.05, 4.69) is 15.9 Å². The number of sulfonamides is 1. The maximum absolute atomic E-state index is 12.7. The monoisotopic (exact) mass is 403 g/mol. The van der Waals surface area contributed by atoms with E-state index in [9.17, 15) is 8.42 Å². The van der Waals surface area contributed by atoms with Crippen LogP contribution in [0.2, 0.25) is 0 Å². The van der Waals surface area contributed by atoms with E-state index in [1.54, 1.807) is 12.1 Å². The van der Waals surface area contributed by atoms with E-state index in [1.165, 1.54) is 4.31 Å². The molecule has 1 aliphatic rings. The first-order chi connectivity index (χ1) is 11.4. The second-order valence-electron chi connectivity index (χ2n) is 5.77. The fraction of sp³-hybridized carbons (Fsp3) is 0.158. The average Bonchev–Trinajstić information content (AvgIpc) is 3.04. The van der Waals surface area contributed by atoms with Crippen molar-refractivity contribution >= 4 is 32.0 Å². The van der Waals surface area contributed by atoms with Gasteiger partial charge in [0.25, 0.3) is 0 Å². The van der Waals surface area contributed by atoms with E-state index in [0.717, 1.165) is 21.2 Å². The predicted octanol–water partition coefficient (Wildman–Crippen LogP) is 4.40. The van der Waals surface area contributed by atoms with Gasteiger partial charge in [-0.1, -0.05) is 64.0 Å². The molecular formula is C19H18BrNO2S. The van der Waals surface area contributed by atoms with E-state index >= 15 is 0 Å². The zero-order chi connectivity index (χ0) is 17.2. The molecule has 0 radical (unpaired) electrons. The van der Waals surface area contributed by atoms with Gasteiger partial charge >= 0.3 is 0 Å². The Kier molecular flexibility index (Phi) is 5.04. The van der Waals surface area contributed by atoms with Gasteiger partial charge in [0.05, 0.1) is 4.90 Å². The summed E-state index contributed by atoms with van der Waals surface area (Å²) in [7, 11) is -3.44. The van der Waals surface area contributed by atoms with Crippen LogP contribution in [0, 0.1) is 6.92 Å². The highest BCUT2D eigenvalue weighted by Crippen LogP contribution is 2.22. The van der Waals surface area contributed by atoms with Crippen molar-refractivity contribution in [3.63, 3.8) is 0 Å². The molecule has 3 nitrogen and oxygen atoms in total. The first kappa shape index (κ1) is 17.1. The summed E-state index contributed by atoms with van der Waals surface area (Å²) in [6.07, 6.45) is 5.94. The largest absolute Gasteiger partial charge is 0.243 e. The number of rotatable bonds is 4. The number of benzene rings is 2. The molecular weight excluding hydrogens is 386 g/mol. The van der Waals surface area contributed by atoms with Gasteiger partial charge < -0.3 is 0 Å². The van der Waals surface area contributed by atoms with Crippen LogP contribution in [0.3, 0.4) is 0 Å². The van der Waals surface area contributed by atoms with Crippen LogP contribution >= 0.6 is 15.9 Å². The van der Waals surface area contributed by atoms with Gasteiger partial charge in [0.2, 0.25) is 10.0 Å². The summed E-state index contributed by atoms with van der Waals surface area (Å²) in [5.41, 5.74) is 3.14. The number of hydrogen-bond acceptors (Lipinski definition) is 2. The van der Waals surface area contributed by atoms with Crippen LogP contribution in [0.1, 0.15) is 11.1 Å². The average molecular weight is 404 g/mol. The summed E-state index contributed by atoms with van der Waals surface area (Å²) in [5.74, 6) is 0. The summed E-state index contributed by atoms with van der Waals surface area (Å²) in [6.45, 7) is 2.76. The lowest BCUT2D eigenvalue weighted by Gasteiger charge is -2.16. The molecule has 1 aliphatic heterocycles. The molecule has 24 heavy (non-hydrogen) atoms. The summed E-state index contributed by atoms with van der Waals surface area (Å²) in [6, 6.07) is 15.0. The van der Waals surface area contributed by atoms with Gasteiger partial charge in [-0.05, 0) is 42.3 Å². The van der Waals surface area contributed by atoms with Crippen LogP contribution in [0.4, 0.5) is 0 Å². The van der Waals surface area contributed by atoms with Crippen molar-refractivity contribution in [3.8, 4) is 0 Å². The molecule has 0 N–H and O–H groups in total. The van der Waals surface area contributed by atoms with Gasteiger partial charge in [0, 0.05) is 17.6 Å². The Hall–Kier alpha value is -1.69. The molecule has 0 saturated heterocycles. The first-order valence-electron chi connectivity index (χ1n) is 7.65. The van der Waals surface area contributed by atoms with Crippen LogP contribution in [-0.2, 0) is 10.0 Å². The summed E-state index contributed by atoms with van der Waals surface area (Å²) in [4.78, 5) is 0.347. The molecule has 0 aromatic heterocycles. The third-order valence-electron chi connectivity index (χ3n) is 3.93. The Labute approximate surface area is 151 Å². The molecule has 0 bridgehead atoms. The van der Waals surface area contributed by atoms with Crippen molar-refractivity contribution in [2.45, 2.75) is 11.8 Å². The minimum Gasteiger partial charge on any atom is -0.207 e. The van der Waals surface area contributed by atoms with Crippen molar-refractivity contribution in [2.24, 2.45) is 0 Å². The van der Waals surface area contributed by atoms with Crippen LogP contribution in [0.5, 0.6) is 0 Å². The SMILES string of the molecule is Cc1ccc(S(=O)(=O)N2CC=C(/C=C/c3ccc(Br)cc3)C2)cc1. The highest BCUT2D eigenvalue weighted by atomic mass is 79.9. The summed E-state index contributed by atoms with van der Waals surface area (Å²) in [5, 5.41) is 0. The van der Waals surface area contributed by atoms with Crippen molar-refractivity contribution < 1.29 is 8.42 Å². The summed E-state index contributed by atoms with van der Waals surface area (Å²) < 4.78 is 27.9. The molecule has 5 heteroatoms. The lowest BCUT2D eigenvalue weighted by Crippen LogP contribution is -2.29. The van der Waals surface area contributed by atoms with Crippen molar-refractivity contribution in [3.05, 3.63) is 81.9 Å². The van der Waals surface area contributed by atoms with E-state index in [1.807, 2.05) is 61.5 Å². The van der Waals surface area contributed by atoms with Gasteiger partial charge in [-0.2, -0.15) is 4.31 Å². The molecule has 2 aromatic rings. The van der Waals surface area contributed by atoms with E-state index in [-0.39, 0.29) is 0 Å². The number of hydrogen-bond donors (Lipinski definition) is 0. The molecule has 124 valence electrons. The topological polar surface area (TPSA) is 37.4 Å². The normalized spacial score (nSPS) is 15.8. The van der Waals surface area contributed by atoms with Crippen LogP contribution in [-0.4, -0.2) is 25.8 Å². The molecule has 0 fully saturated rings. The van der Waals surface area contributed by atoms with Gasteiger partial charge in [0.1, 0.15) is 0 Å². The van der Waals surface area contributed by atoms with Gasteiger partial charge in [-0.15, -0.1) is 0 Å². The Morgan fingerprint density at radius 1 is 1.00 bits per heavy atom. The lowest BCUT2D eigenvalue weighted by molar-refractivity contribution is 0.485. The number of nitrogens with zero attached hydrogens (tertiary/aromatic N) is 1. The van der Waals surface area contributed by atoms with E-state index in [4.69, 9.17) is 0 Å². The van der Waals surface area contributed by atoms with Gasteiger partial charge in [-0.25, -0.2) is 8.42 Å². The first-order valence-corrected chi connectivity index (χ1v) is 9.88. The Morgan fingerprint density at radius 2 is 1.67 bits per heavy atom. The maximum atomic E-state index is 12.7. The second kappa shape index (κ2) is 7.05. The minimum absolute atomic E-state index is 0.347. The summed E-state index contributed by atoms with van der Waals surface area (Å²) >= 11 is 3.41. The molecule has 0 saturated carbocycles. The zero-order valence-electron chi connectivity index (χ0n) is 13.3. The fourth-order valence-electron chi connectivity index (χ4n) is 2.49. The minimum atomic E-state index is -3.44. The Balaban J connectivity index is 1.70. The lowest BCUT2D eigenvalue weighted by atomic mass is 10.1. The molecule has 0 unspecified atom stereocenters. The van der Waals surface area contributed by atoms with Crippen molar-refractivity contribution in [2.75, 3.05) is 13.1 Å². The highest BCUT2D eigenvalue weighted by molar-refractivity contribution is 9.10. The van der Waals surface area contributed by atoms with Gasteiger partial charge in [0.15, 0.2) is 0 Å². The van der Waals surface area contributed by atoms with Crippen molar-refractivity contribution in [1.82, 2.24) is 4.31 Å². The Bertz CT molecular complexity index is 882. The predicted molar refractivity (Wildman–Crippen MR) is 101 cm³/mol. The van der Waals surface area contributed by atoms with Crippen LogP contribution < -0.4 is 0 Å².